The molecule has 0 spiro atoms. The number of hydrogen-bond acceptors (Lipinski definition) is 5. The molecule has 26 heavy (non-hydrogen) atoms. The van der Waals surface area contributed by atoms with Crippen molar-refractivity contribution >= 4 is 29.3 Å². The summed E-state index contributed by atoms with van der Waals surface area (Å²) in [6.45, 7) is 0. The van der Waals surface area contributed by atoms with Gasteiger partial charge in [-0.25, -0.2) is 0 Å². The molecule has 4 rings (SSSR count). The molecule has 1 N–H and O–H groups in total. The molecule has 0 aromatic heterocycles. The van der Waals surface area contributed by atoms with Crippen LogP contribution in [-0.2, 0) is 9.59 Å². The molecule has 1 aromatic carbocycles. The molecule has 7 nitrogen and oxygen atoms in total. The van der Waals surface area contributed by atoms with Crippen molar-refractivity contribution in [2.45, 2.75) is 18.9 Å². The number of hydrogen-bond donors (Lipinski definition) is 1. The Labute approximate surface area is 149 Å². The largest absolute Gasteiger partial charge is 0.323 e. The van der Waals surface area contributed by atoms with Crippen LogP contribution in [0.3, 0.4) is 0 Å². The average Bonchev–Trinajstić information content (AvgIpc) is 2.82. The van der Waals surface area contributed by atoms with Crippen molar-refractivity contribution in [1.82, 2.24) is 10.2 Å². The first-order chi connectivity index (χ1) is 12.6. The molecule has 3 heterocycles. The number of amides is 4. The maximum atomic E-state index is 13.0. The second kappa shape index (κ2) is 6.11. The van der Waals surface area contributed by atoms with Crippen LogP contribution in [0.1, 0.15) is 33.6 Å². The molecule has 130 valence electrons. The SMILES string of the molecule is O=C1CC[C@@H](N2C(=O)c3cccc(N4C=CC=CC=C4)c3C2=O)C(=O)N1. The highest BCUT2D eigenvalue weighted by Gasteiger charge is 2.45. The molecule has 1 atom stereocenters. The Bertz CT molecular complexity index is 913. The van der Waals surface area contributed by atoms with Crippen LogP contribution in [0.25, 0.3) is 0 Å². The topological polar surface area (TPSA) is 86.8 Å². The van der Waals surface area contributed by atoms with Crippen molar-refractivity contribution < 1.29 is 19.2 Å². The highest BCUT2D eigenvalue weighted by atomic mass is 16.2. The van der Waals surface area contributed by atoms with Crippen LogP contribution < -0.4 is 10.2 Å². The van der Waals surface area contributed by atoms with Crippen molar-refractivity contribution in [3.63, 3.8) is 0 Å². The predicted molar refractivity (Wildman–Crippen MR) is 93.0 cm³/mol. The van der Waals surface area contributed by atoms with Crippen LogP contribution in [0.5, 0.6) is 0 Å². The van der Waals surface area contributed by atoms with E-state index in [0.717, 1.165) is 4.90 Å². The highest BCUT2D eigenvalue weighted by molar-refractivity contribution is 6.25. The van der Waals surface area contributed by atoms with Gasteiger partial charge in [-0.1, -0.05) is 18.2 Å². The van der Waals surface area contributed by atoms with Crippen LogP contribution in [-0.4, -0.2) is 34.6 Å². The molecule has 0 bridgehead atoms. The van der Waals surface area contributed by atoms with E-state index < -0.39 is 29.7 Å². The molecule has 0 saturated carbocycles. The second-order valence-corrected chi connectivity index (χ2v) is 6.12. The third kappa shape index (κ3) is 2.45. The summed E-state index contributed by atoms with van der Waals surface area (Å²) < 4.78 is 0. The van der Waals surface area contributed by atoms with E-state index in [2.05, 4.69) is 5.32 Å². The van der Waals surface area contributed by atoms with Gasteiger partial charge in [-0.05, 0) is 30.7 Å². The van der Waals surface area contributed by atoms with E-state index in [0.29, 0.717) is 5.69 Å². The normalized spacial score (nSPS) is 21.9. The molecular formula is C19H15N3O4. The summed E-state index contributed by atoms with van der Waals surface area (Å²) >= 11 is 0. The first kappa shape index (κ1) is 16.0. The second-order valence-electron chi connectivity index (χ2n) is 6.12. The number of rotatable bonds is 2. The lowest BCUT2D eigenvalue weighted by atomic mass is 10.0. The van der Waals surface area contributed by atoms with E-state index in [-0.39, 0.29) is 24.0 Å². The number of fused-ring (bicyclic) bond motifs is 1. The lowest BCUT2D eigenvalue weighted by molar-refractivity contribution is -0.136. The summed E-state index contributed by atoms with van der Waals surface area (Å²) in [5, 5.41) is 2.20. The van der Waals surface area contributed by atoms with Crippen molar-refractivity contribution in [1.29, 1.82) is 0 Å². The van der Waals surface area contributed by atoms with Crippen molar-refractivity contribution in [3.05, 3.63) is 66.0 Å². The maximum Gasteiger partial charge on any atom is 0.264 e. The van der Waals surface area contributed by atoms with E-state index in [1.165, 1.54) is 0 Å². The third-order valence-electron chi connectivity index (χ3n) is 4.55. The van der Waals surface area contributed by atoms with Crippen LogP contribution in [0, 0.1) is 0 Å². The van der Waals surface area contributed by atoms with Gasteiger partial charge in [-0.15, -0.1) is 0 Å². The number of imide groups is 2. The van der Waals surface area contributed by atoms with Gasteiger partial charge in [0.25, 0.3) is 11.8 Å². The van der Waals surface area contributed by atoms with Crippen molar-refractivity contribution in [2.24, 2.45) is 0 Å². The fourth-order valence-electron chi connectivity index (χ4n) is 3.34. The summed E-state index contributed by atoms with van der Waals surface area (Å²) in [7, 11) is 0. The van der Waals surface area contributed by atoms with E-state index in [1.54, 1.807) is 35.5 Å². The number of anilines is 1. The minimum atomic E-state index is -0.968. The van der Waals surface area contributed by atoms with Gasteiger partial charge in [0, 0.05) is 18.8 Å². The van der Waals surface area contributed by atoms with Crippen LogP contribution >= 0.6 is 0 Å². The monoisotopic (exact) mass is 349 g/mol. The minimum absolute atomic E-state index is 0.0972. The summed E-state index contributed by atoms with van der Waals surface area (Å²) in [5.74, 6) is -2.04. The molecule has 1 fully saturated rings. The quantitative estimate of drug-likeness (QED) is 0.818. The smallest absolute Gasteiger partial charge is 0.264 e. The number of carbonyl (C=O) groups excluding carboxylic acids is 4. The van der Waals surface area contributed by atoms with E-state index in [9.17, 15) is 19.2 Å². The van der Waals surface area contributed by atoms with Gasteiger partial charge >= 0.3 is 0 Å². The van der Waals surface area contributed by atoms with Gasteiger partial charge in [0.05, 0.1) is 16.8 Å². The zero-order valence-corrected chi connectivity index (χ0v) is 13.7. The minimum Gasteiger partial charge on any atom is -0.323 e. The van der Waals surface area contributed by atoms with E-state index >= 15 is 0 Å². The molecule has 0 aliphatic carbocycles. The number of allylic oxidation sites excluding steroid dienone is 4. The van der Waals surface area contributed by atoms with Gasteiger partial charge < -0.3 is 4.90 Å². The highest BCUT2D eigenvalue weighted by Crippen LogP contribution is 2.34. The third-order valence-corrected chi connectivity index (χ3v) is 4.55. The van der Waals surface area contributed by atoms with Gasteiger partial charge in [0.1, 0.15) is 6.04 Å². The zero-order valence-electron chi connectivity index (χ0n) is 13.7. The first-order valence-electron chi connectivity index (χ1n) is 8.22. The Hall–Kier alpha value is -3.48. The Kier molecular flexibility index (Phi) is 3.76. The molecule has 1 aromatic rings. The fraction of sp³-hybridized carbons (Fsp3) is 0.158. The van der Waals surface area contributed by atoms with Gasteiger partial charge in [0.2, 0.25) is 11.8 Å². The van der Waals surface area contributed by atoms with Gasteiger partial charge in [-0.3, -0.25) is 29.4 Å². The molecule has 4 amide bonds. The molecule has 3 aliphatic rings. The molecule has 0 radical (unpaired) electrons. The van der Waals surface area contributed by atoms with Crippen molar-refractivity contribution in [3.8, 4) is 0 Å². The molecule has 3 aliphatic heterocycles. The maximum absolute atomic E-state index is 13.0. The summed E-state index contributed by atoms with van der Waals surface area (Å²) in [6, 6.07) is 4.06. The summed E-state index contributed by atoms with van der Waals surface area (Å²) in [4.78, 5) is 52.1. The summed E-state index contributed by atoms with van der Waals surface area (Å²) in [6.07, 6.45) is 11.1. The van der Waals surface area contributed by atoms with E-state index in [1.807, 2.05) is 24.3 Å². The molecule has 1 saturated heterocycles. The Balaban J connectivity index is 1.74. The Morgan fingerprint density at radius 1 is 0.923 bits per heavy atom. The number of piperidine rings is 1. The zero-order chi connectivity index (χ0) is 18.3. The summed E-state index contributed by atoms with van der Waals surface area (Å²) in [5.41, 5.74) is 1.08. The lowest BCUT2D eigenvalue weighted by Crippen LogP contribution is -2.54. The standard InChI is InChI=1S/C19H15N3O4/c23-15-9-8-14(17(24)20-15)22-18(25)12-6-5-7-13(16(12)19(22)26)21-10-3-1-2-4-11-21/h1-7,10-11,14H,8-9H2,(H,20,23,24)/t14-/m1/s1. The van der Waals surface area contributed by atoms with Crippen LogP contribution in [0.15, 0.2) is 54.9 Å². The first-order valence-corrected chi connectivity index (χ1v) is 8.22. The molecule has 7 heteroatoms. The van der Waals surface area contributed by atoms with Crippen molar-refractivity contribution in [2.75, 3.05) is 4.90 Å². The Morgan fingerprint density at radius 3 is 2.35 bits per heavy atom. The number of nitrogens with zero attached hydrogens (tertiary/aromatic N) is 2. The lowest BCUT2D eigenvalue weighted by Gasteiger charge is -2.28. The molecular weight excluding hydrogens is 334 g/mol. The van der Waals surface area contributed by atoms with Crippen LogP contribution in [0.4, 0.5) is 5.69 Å². The predicted octanol–water partition coefficient (Wildman–Crippen LogP) is 1.49. The van der Waals surface area contributed by atoms with E-state index in [4.69, 9.17) is 0 Å². The van der Waals surface area contributed by atoms with Gasteiger partial charge in [0.15, 0.2) is 0 Å². The van der Waals surface area contributed by atoms with Crippen LogP contribution in [0.2, 0.25) is 0 Å². The fourth-order valence-corrected chi connectivity index (χ4v) is 3.34. The Morgan fingerprint density at radius 2 is 1.65 bits per heavy atom. The average molecular weight is 349 g/mol. The number of nitrogens with one attached hydrogen (secondary N) is 1. The van der Waals surface area contributed by atoms with Gasteiger partial charge in [-0.2, -0.15) is 0 Å². The molecule has 0 unspecified atom stereocenters. The number of carbonyl (C=O) groups is 4. The number of benzene rings is 1.